The van der Waals surface area contributed by atoms with Crippen LogP contribution in [0.2, 0.25) is 0 Å². The van der Waals surface area contributed by atoms with E-state index in [1.165, 1.54) is 0 Å². The van der Waals surface area contributed by atoms with Crippen molar-refractivity contribution in [3.8, 4) is 0 Å². The van der Waals surface area contributed by atoms with Crippen molar-refractivity contribution in [3.63, 3.8) is 0 Å². The second-order valence-electron chi connectivity index (χ2n) is 3.91. The van der Waals surface area contributed by atoms with E-state index in [4.69, 9.17) is 0 Å². The standard InChI is InChI=1S/C11H21NO/c1-7-10(8(2)3)11(13)12(6)9(4)5/h7-9H,1-6H3/b10-7+. The number of hydrogen-bond acceptors (Lipinski definition) is 1. The molecule has 0 atom stereocenters. The molecule has 0 unspecified atom stereocenters. The molecule has 0 aromatic rings. The van der Waals surface area contributed by atoms with Gasteiger partial charge in [-0.15, -0.1) is 0 Å². The summed E-state index contributed by atoms with van der Waals surface area (Å²) in [4.78, 5) is 13.6. The van der Waals surface area contributed by atoms with Crippen molar-refractivity contribution in [3.05, 3.63) is 11.6 Å². The van der Waals surface area contributed by atoms with Crippen LogP contribution in [0.15, 0.2) is 11.6 Å². The number of likely N-dealkylation sites (N-methyl/N-ethyl adjacent to an activating group) is 1. The molecule has 0 heterocycles. The van der Waals surface area contributed by atoms with Crippen LogP contribution in [-0.2, 0) is 4.79 Å². The van der Waals surface area contributed by atoms with Crippen LogP contribution in [0.25, 0.3) is 0 Å². The zero-order valence-electron chi connectivity index (χ0n) is 9.59. The van der Waals surface area contributed by atoms with Gasteiger partial charge in [0, 0.05) is 18.7 Å². The van der Waals surface area contributed by atoms with Gasteiger partial charge in [0.25, 0.3) is 0 Å². The number of carbonyl (C=O) groups is 1. The fourth-order valence-electron chi connectivity index (χ4n) is 1.14. The van der Waals surface area contributed by atoms with Crippen molar-refractivity contribution in [2.45, 2.75) is 40.7 Å². The first-order chi connectivity index (χ1) is 5.91. The summed E-state index contributed by atoms with van der Waals surface area (Å²) in [6.07, 6.45) is 1.91. The fraction of sp³-hybridized carbons (Fsp3) is 0.727. The molecule has 0 rings (SSSR count). The van der Waals surface area contributed by atoms with Gasteiger partial charge in [0.2, 0.25) is 5.91 Å². The van der Waals surface area contributed by atoms with Crippen LogP contribution in [0.4, 0.5) is 0 Å². The second kappa shape index (κ2) is 5.05. The molecule has 2 nitrogen and oxygen atoms in total. The van der Waals surface area contributed by atoms with Crippen molar-refractivity contribution >= 4 is 5.91 Å². The van der Waals surface area contributed by atoms with Crippen molar-refractivity contribution in [2.24, 2.45) is 5.92 Å². The zero-order valence-corrected chi connectivity index (χ0v) is 9.59. The highest BCUT2D eigenvalue weighted by Crippen LogP contribution is 2.13. The van der Waals surface area contributed by atoms with Crippen LogP contribution in [0.1, 0.15) is 34.6 Å². The van der Waals surface area contributed by atoms with Crippen LogP contribution >= 0.6 is 0 Å². The molecule has 0 fully saturated rings. The molecule has 0 aliphatic carbocycles. The Kier molecular flexibility index (Phi) is 4.74. The van der Waals surface area contributed by atoms with Gasteiger partial charge in [-0.3, -0.25) is 4.79 Å². The molecule has 0 spiro atoms. The molecule has 0 saturated carbocycles. The summed E-state index contributed by atoms with van der Waals surface area (Å²) in [5.74, 6) is 0.450. The number of hydrogen-bond donors (Lipinski definition) is 0. The van der Waals surface area contributed by atoms with Crippen LogP contribution in [0.5, 0.6) is 0 Å². The van der Waals surface area contributed by atoms with Gasteiger partial charge < -0.3 is 4.90 Å². The first-order valence-corrected chi connectivity index (χ1v) is 4.85. The normalized spacial score (nSPS) is 12.5. The van der Waals surface area contributed by atoms with Gasteiger partial charge in [-0.1, -0.05) is 19.9 Å². The average molecular weight is 183 g/mol. The predicted octanol–water partition coefficient (Wildman–Crippen LogP) is 2.46. The van der Waals surface area contributed by atoms with Gasteiger partial charge in [0.15, 0.2) is 0 Å². The lowest BCUT2D eigenvalue weighted by molar-refractivity contribution is -0.127. The Labute approximate surface area is 81.6 Å². The van der Waals surface area contributed by atoms with Crippen molar-refractivity contribution in [1.29, 1.82) is 0 Å². The van der Waals surface area contributed by atoms with Crippen molar-refractivity contribution < 1.29 is 4.79 Å². The minimum Gasteiger partial charge on any atom is -0.340 e. The van der Waals surface area contributed by atoms with E-state index in [1.807, 2.05) is 47.7 Å². The van der Waals surface area contributed by atoms with Gasteiger partial charge >= 0.3 is 0 Å². The Morgan fingerprint density at radius 3 is 1.92 bits per heavy atom. The molecule has 2 heteroatoms. The van der Waals surface area contributed by atoms with E-state index in [2.05, 4.69) is 0 Å². The number of amides is 1. The van der Waals surface area contributed by atoms with Gasteiger partial charge in [0.1, 0.15) is 0 Å². The summed E-state index contributed by atoms with van der Waals surface area (Å²) in [7, 11) is 1.85. The van der Waals surface area contributed by atoms with Gasteiger partial charge in [-0.05, 0) is 26.7 Å². The van der Waals surface area contributed by atoms with E-state index in [1.54, 1.807) is 4.90 Å². The third-order valence-electron chi connectivity index (χ3n) is 2.27. The van der Waals surface area contributed by atoms with Crippen LogP contribution < -0.4 is 0 Å². The van der Waals surface area contributed by atoms with Crippen LogP contribution in [0.3, 0.4) is 0 Å². The summed E-state index contributed by atoms with van der Waals surface area (Å²) in [6, 6.07) is 0.265. The van der Waals surface area contributed by atoms with Crippen molar-refractivity contribution in [2.75, 3.05) is 7.05 Å². The lowest BCUT2D eigenvalue weighted by Gasteiger charge is -2.24. The molecule has 1 amide bonds. The van der Waals surface area contributed by atoms with E-state index < -0.39 is 0 Å². The summed E-state index contributed by atoms with van der Waals surface area (Å²) in [5.41, 5.74) is 0.899. The van der Waals surface area contributed by atoms with E-state index in [0.717, 1.165) is 5.57 Å². The largest absolute Gasteiger partial charge is 0.340 e. The van der Waals surface area contributed by atoms with Gasteiger partial charge in [-0.2, -0.15) is 0 Å². The highest BCUT2D eigenvalue weighted by atomic mass is 16.2. The molecular weight excluding hydrogens is 162 g/mol. The van der Waals surface area contributed by atoms with Gasteiger partial charge in [-0.25, -0.2) is 0 Å². The molecule has 0 aliphatic rings. The summed E-state index contributed by atoms with van der Waals surface area (Å²) >= 11 is 0. The summed E-state index contributed by atoms with van der Waals surface area (Å²) in [5, 5.41) is 0. The molecule has 0 radical (unpaired) electrons. The number of nitrogens with zero attached hydrogens (tertiary/aromatic N) is 1. The summed E-state index contributed by atoms with van der Waals surface area (Å²) < 4.78 is 0. The number of rotatable bonds is 3. The highest BCUT2D eigenvalue weighted by Gasteiger charge is 2.18. The molecule has 0 aromatic heterocycles. The van der Waals surface area contributed by atoms with E-state index in [-0.39, 0.29) is 11.9 Å². The Hall–Kier alpha value is -0.790. The van der Waals surface area contributed by atoms with Crippen molar-refractivity contribution in [1.82, 2.24) is 4.90 Å². The van der Waals surface area contributed by atoms with E-state index >= 15 is 0 Å². The molecule has 0 bridgehead atoms. The Morgan fingerprint density at radius 1 is 1.23 bits per heavy atom. The SMILES string of the molecule is C/C=C(/C(=O)N(C)C(C)C)C(C)C. The third-order valence-corrected chi connectivity index (χ3v) is 2.27. The monoisotopic (exact) mass is 183 g/mol. The first-order valence-electron chi connectivity index (χ1n) is 4.85. The predicted molar refractivity (Wildman–Crippen MR) is 56.5 cm³/mol. The van der Waals surface area contributed by atoms with Crippen LogP contribution in [0, 0.1) is 5.92 Å². The number of allylic oxidation sites excluding steroid dienone is 1. The van der Waals surface area contributed by atoms with Crippen LogP contribution in [-0.4, -0.2) is 23.9 Å². The zero-order chi connectivity index (χ0) is 10.6. The fourth-order valence-corrected chi connectivity index (χ4v) is 1.14. The highest BCUT2D eigenvalue weighted by molar-refractivity contribution is 5.93. The Bertz CT molecular complexity index is 204. The van der Waals surface area contributed by atoms with E-state index in [9.17, 15) is 4.79 Å². The minimum absolute atomic E-state index is 0.146. The quantitative estimate of drug-likeness (QED) is 0.615. The minimum atomic E-state index is 0.146. The lowest BCUT2D eigenvalue weighted by Crippen LogP contribution is -2.35. The smallest absolute Gasteiger partial charge is 0.249 e. The topological polar surface area (TPSA) is 20.3 Å². The first kappa shape index (κ1) is 12.2. The average Bonchev–Trinajstić information content (AvgIpc) is 2.03. The molecule has 76 valence electrons. The Morgan fingerprint density at radius 2 is 1.69 bits per heavy atom. The maximum absolute atomic E-state index is 11.8. The van der Waals surface area contributed by atoms with Gasteiger partial charge in [0.05, 0.1) is 0 Å². The number of carbonyl (C=O) groups excluding carboxylic acids is 1. The molecule has 0 aromatic carbocycles. The molecule has 0 saturated heterocycles. The molecule has 0 aliphatic heterocycles. The summed E-state index contributed by atoms with van der Waals surface area (Å²) in [6.45, 7) is 10.0. The Balaban J connectivity index is 4.58. The maximum atomic E-state index is 11.8. The van der Waals surface area contributed by atoms with E-state index in [0.29, 0.717) is 5.92 Å². The third kappa shape index (κ3) is 3.21. The maximum Gasteiger partial charge on any atom is 0.249 e. The molecule has 0 N–H and O–H groups in total. The lowest BCUT2D eigenvalue weighted by atomic mass is 10.0. The molecular formula is C11H21NO. The second-order valence-corrected chi connectivity index (χ2v) is 3.91. The molecule has 13 heavy (non-hydrogen) atoms.